The molecule has 9 heteroatoms. The minimum Gasteiger partial charge on any atom is -0.595 e. The number of aromatic nitrogens is 1. The van der Waals surface area contributed by atoms with Gasteiger partial charge >= 0.3 is 0 Å². The van der Waals surface area contributed by atoms with Crippen molar-refractivity contribution in [3.8, 4) is 0 Å². The van der Waals surface area contributed by atoms with Gasteiger partial charge in [-0.15, -0.1) is 0 Å². The van der Waals surface area contributed by atoms with Gasteiger partial charge in [-0.3, -0.25) is 14.6 Å². The summed E-state index contributed by atoms with van der Waals surface area (Å²) in [7, 11) is 0. The average Bonchev–Trinajstić information content (AvgIpc) is 3.04. The first-order chi connectivity index (χ1) is 14.0. The molecule has 3 rings (SSSR count). The maximum atomic E-state index is 12.8. The van der Waals surface area contributed by atoms with Crippen LogP contribution in [0, 0.1) is 0 Å². The monoisotopic (exact) mass is 435 g/mol. The van der Waals surface area contributed by atoms with Crippen LogP contribution in [-0.4, -0.2) is 58.6 Å². The summed E-state index contributed by atoms with van der Waals surface area (Å²) >= 11 is 6.01. The third kappa shape index (κ3) is 5.44. The minimum absolute atomic E-state index is 0. The number of halogens is 1. The van der Waals surface area contributed by atoms with Crippen molar-refractivity contribution in [1.29, 1.82) is 0 Å². The van der Waals surface area contributed by atoms with Crippen LogP contribution in [0.4, 0.5) is 0 Å². The summed E-state index contributed by atoms with van der Waals surface area (Å²) in [4.78, 5) is 33.5. The van der Waals surface area contributed by atoms with Crippen LogP contribution in [0.25, 0.3) is 10.9 Å². The van der Waals surface area contributed by atoms with Crippen LogP contribution in [0.1, 0.15) is 46.0 Å². The van der Waals surface area contributed by atoms with Gasteiger partial charge in [-0.2, -0.15) is 0 Å². The SMILES string of the molecule is CC(=O)N1CC[C@@H](NC(=O)c2cc3cc(Cl)ccc3[nH]2)[C@H](N=C([O-])OC(C)(C)C)C1.[HH]. The van der Waals surface area contributed by atoms with E-state index in [1.165, 1.54) is 6.92 Å². The number of hydrogen-bond acceptors (Lipinski definition) is 5. The second-order valence-corrected chi connectivity index (χ2v) is 8.86. The van der Waals surface area contributed by atoms with Crippen molar-refractivity contribution >= 4 is 40.4 Å². The van der Waals surface area contributed by atoms with E-state index in [4.69, 9.17) is 16.3 Å². The van der Waals surface area contributed by atoms with E-state index >= 15 is 0 Å². The molecule has 0 unspecified atom stereocenters. The van der Waals surface area contributed by atoms with Crippen LogP contribution in [0.2, 0.25) is 5.02 Å². The van der Waals surface area contributed by atoms with E-state index in [0.717, 1.165) is 10.9 Å². The highest BCUT2D eigenvalue weighted by atomic mass is 35.5. The van der Waals surface area contributed by atoms with Crippen LogP contribution >= 0.6 is 11.6 Å². The zero-order chi connectivity index (χ0) is 22.1. The number of hydrogen-bond donors (Lipinski definition) is 2. The van der Waals surface area contributed by atoms with Gasteiger partial charge in [0.1, 0.15) is 11.8 Å². The molecule has 30 heavy (non-hydrogen) atoms. The number of fused-ring (bicyclic) bond motifs is 1. The van der Waals surface area contributed by atoms with Crippen molar-refractivity contribution < 1.29 is 20.9 Å². The van der Waals surface area contributed by atoms with E-state index in [-0.39, 0.29) is 19.8 Å². The van der Waals surface area contributed by atoms with Crippen molar-refractivity contribution in [2.45, 2.75) is 51.8 Å². The highest BCUT2D eigenvalue weighted by Gasteiger charge is 2.32. The van der Waals surface area contributed by atoms with Crippen molar-refractivity contribution in [1.82, 2.24) is 15.2 Å². The number of carbonyl (C=O) groups excluding carboxylic acids is 2. The fraction of sp³-hybridized carbons (Fsp3) is 0.476. The summed E-state index contributed by atoms with van der Waals surface area (Å²) in [6, 6.07) is 6.04. The average molecular weight is 436 g/mol. The molecule has 1 saturated heterocycles. The van der Waals surface area contributed by atoms with Gasteiger partial charge in [0.05, 0.1) is 12.1 Å². The van der Waals surface area contributed by atoms with Crippen LogP contribution in [-0.2, 0) is 9.53 Å². The lowest BCUT2D eigenvalue weighted by atomic mass is 9.99. The number of nitrogens with one attached hydrogen (secondary N) is 2. The molecule has 2 N–H and O–H groups in total. The molecule has 164 valence electrons. The molecule has 2 heterocycles. The standard InChI is InChI=1S/C21H27ClN4O4.H2/c1-12(27)26-8-7-16(18(11-26)25-20(29)30-21(2,3)4)24-19(28)17-10-13-9-14(22)5-6-15(13)23-17;/h5-6,9-10,16,18,23H,7-8,11H2,1-4H3,(H,24,28)(H,25,29);1H/p-1/t16-,18-;/m1./s1. The molecule has 1 fully saturated rings. The smallest absolute Gasteiger partial charge is 0.268 e. The topological polar surface area (TPSA) is 110 Å². The molecule has 2 aromatic rings. The Kier molecular flexibility index (Phi) is 6.26. The zero-order valence-corrected chi connectivity index (χ0v) is 18.2. The summed E-state index contributed by atoms with van der Waals surface area (Å²) in [5.74, 6) is -0.412. The van der Waals surface area contributed by atoms with E-state index < -0.39 is 23.8 Å². The molecule has 0 saturated carbocycles. The zero-order valence-electron chi connectivity index (χ0n) is 17.5. The van der Waals surface area contributed by atoms with Gasteiger partial charge in [0.15, 0.2) is 0 Å². The van der Waals surface area contributed by atoms with E-state index in [1.54, 1.807) is 49.9 Å². The molecule has 1 aliphatic heterocycles. The number of piperidine rings is 1. The van der Waals surface area contributed by atoms with Gasteiger partial charge in [0.2, 0.25) is 5.91 Å². The number of carbonyl (C=O) groups is 2. The molecule has 2 atom stereocenters. The van der Waals surface area contributed by atoms with E-state index in [2.05, 4.69) is 15.3 Å². The summed E-state index contributed by atoms with van der Waals surface area (Å²) in [6.07, 6.45) is -0.230. The number of nitrogens with zero attached hydrogens (tertiary/aromatic N) is 2. The Morgan fingerprint density at radius 1 is 1.37 bits per heavy atom. The lowest BCUT2D eigenvalue weighted by Gasteiger charge is -2.38. The van der Waals surface area contributed by atoms with Gasteiger partial charge in [-0.25, -0.2) is 0 Å². The summed E-state index contributed by atoms with van der Waals surface area (Å²) < 4.78 is 5.28. The number of benzene rings is 1. The highest BCUT2D eigenvalue weighted by Crippen LogP contribution is 2.21. The Morgan fingerprint density at radius 2 is 2.10 bits per heavy atom. The second kappa shape index (κ2) is 8.55. The third-order valence-corrected chi connectivity index (χ3v) is 5.07. The molecule has 1 aliphatic rings. The van der Waals surface area contributed by atoms with Crippen LogP contribution in [0.3, 0.4) is 0 Å². The summed E-state index contributed by atoms with van der Waals surface area (Å²) in [5, 5.41) is 16.6. The quantitative estimate of drug-likeness (QED) is 0.569. The van der Waals surface area contributed by atoms with Crippen LogP contribution in [0.5, 0.6) is 0 Å². The Balaban J connectivity index is 0.00000341. The lowest BCUT2D eigenvalue weighted by molar-refractivity contribution is -0.261. The van der Waals surface area contributed by atoms with Gasteiger partial charge < -0.3 is 25.0 Å². The van der Waals surface area contributed by atoms with Crippen molar-refractivity contribution in [3.05, 3.63) is 35.0 Å². The van der Waals surface area contributed by atoms with Gasteiger partial charge in [0, 0.05) is 43.0 Å². The van der Waals surface area contributed by atoms with Gasteiger partial charge in [0.25, 0.3) is 5.91 Å². The number of aromatic amines is 1. The molecular formula is C21H28ClN4O4-. The summed E-state index contributed by atoms with van der Waals surface area (Å²) in [6.45, 7) is 7.45. The summed E-state index contributed by atoms with van der Waals surface area (Å²) in [5.41, 5.74) is 0.503. The number of H-pyrrole nitrogens is 1. The molecule has 1 aromatic carbocycles. The Labute approximate surface area is 181 Å². The first-order valence-corrected chi connectivity index (χ1v) is 10.2. The highest BCUT2D eigenvalue weighted by molar-refractivity contribution is 6.31. The first-order valence-electron chi connectivity index (χ1n) is 9.80. The molecular weight excluding hydrogens is 408 g/mol. The normalized spacial score (nSPS) is 20.3. The van der Waals surface area contributed by atoms with Gasteiger partial charge in [-0.05, 0) is 30.7 Å². The van der Waals surface area contributed by atoms with Crippen LogP contribution < -0.4 is 10.4 Å². The fourth-order valence-corrected chi connectivity index (χ4v) is 3.59. The molecule has 1 aromatic heterocycles. The maximum Gasteiger partial charge on any atom is 0.268 e. The van der Waals surface area contributed by atoms with E-state index in [9.17, 15) is 14.7 Å². The van der Waals surface area contributed by atoms with E-state index in [0.29, 0.717) is 23.7 Å². The number of rotatable bonds is 3. The van der Waals surface area contributed by atoms with E-state index in [1.807, 2.05) is 0 Å². The first kappa shape index (κ1) is 22.0. The number of aliphatic imine (C=N–C) groups is 1. The lowest BCUT2D eigenvalue weighted by Crippen LogP contribution is -2.55. The number of amides is 2. The minimum atomic E-state index is -0.711. The molecule has 0 radical (unpaired) electrons. The molecule has 0 aliphatic carbocycles. The second-order valence-electron chi connectivity index (χ2n) is 8.43. The van der Waals surface area contributed by atoms with Crippen LogP contribution in [0.15, 0.2) is 29.3 Å². The molecule has 0 bridgehead atoms. The van der Waals surface area contributed by atoms with Crippen molar-refractivity contribution in [2.75, 3.05) is 13.1 Å². The molecule has 2 amide bonds. The van der Waals surface area contributed by atoms with Crippen molar-refractivity contribution in [2.24, 2.45) is 4.99 Å². The molecule has 0 spiro atoms. The predicted molar refractivity (Wildman–Crippen MR) is 116 cm³/mol. The molecule has 8 nitrogen and oxygen atoms in total. The Bertz CT molecular complexity index is 985. The predicted octanol–water partition coefficient (Wildman–Crippen LogP) is 2.32. The van der Waals surface area contributed by atoms with Crippen molar-refractivity contribution in [3.63, 3.8) is 0 Å². The maximum absolute atomic E-state index is 12.8. The number of ether oxygens (including phenoxy) is 1. The number of likely N-dealkylation sites (tertiary alicyclic amines) is 1. The Morgan fingerprint density at radius 3 is 2.77 bits per heavy atom. The Hall–Kier alpha value is -2.74. The largest absolute Gasteiger partial charge is 0.595 e. The third-order valence-electron chi connectivity index (χ3n) is 4.84. The van der Waals surface area contributed by atoms with Gasteiger partial charge in [-0.1, -0.05) is 32.4 Å². The fourth-order valence-electron chi connectivity index (χ4n) is 3.41.